The van der Waals surface area contributed by atoms with Gasteiger partial charge in [0.2, 0.25) is 5.95 Å². The van der Waals surface area contributed by atoms with Crippen molar-refractivity contribution < 1.29 is 9.53 Å². The van der Waals surface area contributed by atoms with Gasteiger partial charge in [-0.05, 0) is 26.0 Å². The number of nitrogens with zero attached hydrogens (tertiary/aromatic N) is 6. The molecule has 0 radical (unpaired) electrons. The van der Waals surface area contributed by atoms with Crippen LogP contribution >= 0.6 is 11.3 Å². The fourth-order valence-corrected chi connectivity index (χ4v) is 5.50. The summed E-state index contributed by atoms with van der Waals surface area (Å²) < 4.78 is 7.16. The van der Waals surface area contributed by atoms with Gasteiger partial charge in [0, 0.05) is 50.4 Å². The van der Waals surface area contributed by atoms with Crippen LogP contribution in [0, 0.1) is 0 Å². The third-order valence-electron chi connectivity index (χ3n) is 6.15. The lowest BCUT2D eigenvalue weighted by Crippen LogP contribution is -2.46. The largest absolute Gasteiger partial charge is 0.379 e. The maximum atomic E-state index is 13.3. The lowest BCUT2D eigenvalue weighted by molar-refractivity contribution is 0.0263. The Morgan fingerprint density at radius 1 is 1.19 bits per heavy atom. The van der Waals surface area contributed by atoms with E-state index in [2.05, 4.69) is 39.1 Å². The van der Waals surface area contributed by atoms with E-state index in [-0.39, 0.29) is 11.4 Å². The number of carbonyl (C=O) groups excluding carboxylic acids is 1. The topological polar surface area (TPSA) is 88.4 Å². The first-order chi connectivity index (χ1) is 15.4. The third kappa shape index (κ3) is 3.78. The first-order valence-corrected chi connectivity index (χ1v) is 11.6. The number of carbonyl (C=O) groups is 1. The Labute approximate surface area is 191 Å². The molecule has 0 aromatic carbocycles. The van der Waals surface area contributed by atoms with Crippen molar-refractivity contribution in [3.63, 3.8) is 0 Å². The number of hydrogen-bond acceptors (Lipinski definition) is 8. The average molecular weight is 454 g/mol. The minimum atomic E-state index is -0.343. The Hall–Kier alpha value is -2.82. The molecule has 32 heavy (non-hydrogen) atoms. The van der Waals surface area contributed by atoms with Gasteiger partial charge in [0.25, 0.3) is 5.91 Å². The third-order valence-corrected chi connectivity index (χ3v) is 7.62. The molecule has 1 saturated heterocycles. The van der Waals surface area contributed by atoms with Gasteiger partial charge in [0.05, 0.1) is 41.1 Å². The van der Waals surface area contributed by atoms with Gasteiger partial charge in [-0.2, -0.15) is 5.10 Å². The summed E-state index contributed by atoms with van der Waals surface area (Å²) in [6.07, 6.45) is 3.45. The van der Waals surface area contributed by atoms with Crippen molar-refractivity contribution in [2.45, 2.75) is 19.4 Å². The fraction of sp³-hybridized carbons (Fsp3) is 0.455. The van der Waals surface area contributed by atoms with E-state index in [9.17, 15) is 4.79 Å². The van der Waals surface area contributed by atoms with Crippen LogP contribution in [0.15, 0.2) is 30.6 Å². The molecule has 0 spiro atoms. The fourth-order valence-electron chi connectivity index (χ4n) is 4.27. The predicted octanol–water partition coefficient (Wildman–Crippen LogP) is 2.71. The van der Waals surface area contributed by atoms with Gasteiger partial charge < -0.3 is 15.0 Å². The van der Waals surface area contributed by atoms with E-state index >= 15 is 0 Å². The van der Waals surface area contributed by atoms with E-state index in [1.54, 1.807) is 28.4 Å². The van der Waals surface area contributed by atoms with E-state index in [4.69, 9.17) is 4.74 Å². The van der Waals surface area contributed by atoms with E-state index in [1.165, 1.54) is 0 Å². The van der Waals surface area contributed by atoms with Gasteiger partial charge in [-0.15, -0.1) is 11.3 Å². The van der Waals surface area contributed by atoms with Crippen molar-refractivity contribution in [3.8, 4) is 10.6 Å². The monoisotopic (exact) mass is 453 g/mol. The highest BCUT2D eigenvalue weighted by Crippen LogP contribution is 2.45. The van der Waals surface area contributed by atoms with Crippen LogP contribution in [0.2, 0.25) is 0 Å². The van der Waals surface area contributed by atoms with Crippen molar-refractivity contribution in [1.82, 2.24) is 29.5 Å². The summed E-state index contributed by atoms with van der Waals surface area (Å²) in [5.74, 6) is 1.41. The van der Waals surface area contributed by atoms with Crippen LogP contribution < -0.4 is 5.32 Å². The summed E-state index contributed by atoms with van der Waals surface area (Å²) >= 11 is 1.64. The Morgan fingerprint density at radius 3 is 2.72 bits per heavy atom. The standard InChI is InChI=1S/C22H27N7O2S/c1-22(2)19-15(20(30)29(22)9-8-28-10-12-31-13-11-28)14-17(32-19)16-4-6-23-21(25-16)26-18-5-7-24-27(18)3/h4-7,14H,8-13H2,1-3H3,(H,23,25,26). The first-order valence-electron chi connectivity index (χ1n) is 10.8. The predicted molar refractivity (Wildman–Crippen MR) is 123 cm³/mol. The number of thiophene rings is 1. The number of hydrogen-bond donors (Lipinski definition) is 1. The average Bonchev–Trinajstić information content (AvgIpc) is 3.45. The first kappa shape index (κ1) is 21.0. The van der Waals surface area contributed by atoms with Gasteiger partial charge in [-0.3, -0.25) is 14.4 Å². The summed E-state index contributed by atoms with van der Waals surface area (Å²) in [6, 6.07) is 5.72. The lowest BCUT2D eigenvalue weighted by Gasteiger charge is -2.35. The molecule has 0 unspecified atom stereocenters. The molecule has 0 aliphatic carbocycles. The lowest BCUT2D eigenvalue weighted by atomic mass is 10.0. The molecule has 0 saturated carbocycles. The Morgan fingerprint density at radius 2 is 2.00 bits per heavy atom. The quantitative estimate of drug-likeness (QED) is 0.614. The highest BCUT2D eigenvalue weighted by atomic mass is 32.1. The van der Waals surface area contributed by atoms with Crippen molar-refractivity contribution in [1.29, 1.82) is 0 Å². The maximum absolute atomic E-state index is 13.3. The second kappa shape index (κ2) is 8.27. The number of amides is 1. The van der Waals surface area contributed by atoms with Crippen molar-refractivity contribution in [2.24, 2.45) is 7.05 Å². The van der Waals surface area contributed by atoms with E-state index in [1.807, 2.05) is 30.1 Å². The Bertz CT molecular complexity index is 1130. The van der Waals surface area contributed by atoms with Crippen LogP contribution in [0.4, 0.5) is 11.8 Å². The number of ether oxygens (including phenoxy) is 1. The number of nitrogens with one attached hydrogen (secondary N) is 1. The van der Waals surface area contributed by atoms with Crippen LogP contribution in [0.5, 0.6) is 0 Å². The molecular formula is C22H27N7O2S. The van der Waals surface area contributed by atoms with Crippen LogP contribution in [0.3, 0.4) is 0 Å². The second-order valence-corrected chi connectivity index (χ2v) is 9.61. The van der Waals surface area contributed by atoms with Gasteiger partial charge in [-0.1, -0.05) is 0 Å². The SMILES string of the molecule is Cn1nccc1Nc1nccc(-c2cc3c(s2)C(C)(C)N(CCN2CCOCC2)C3=O)n1. The molecule has 5 rings (SSSR count). The van der Waals surface area contributed by atoms with Gasteiger partial charge in [0.15, 0.2) is 0 Å². The molecule has 1 fully saturated rings. The van der Waals surface area contributed by atoms with Gasteiger partial charge in [0.1, 0.15) is 5.82 Å². The number of anilines is 2. The smallest absolute Gasteiger partial charge is 0.255 e. The molecular weight excluding hydrogens is 426 g/mol. The molecule has 10 heteroatoms. The number of rotatable bonds is 6. The van der Waals surface area contributed by atoms with E-state index in [0.717, 1.165) is 66.2 Å². The number of aromatic nitrogens is 4. The van der Waals surface area contributed by atoms with Crippen LogP contribution in [0.1, 0.15) is 29.1 Å². The number of morpholine rings is 1. The molecule has 2 aliphatic heterocycles. The summed E-state index contributed by atoms with van der Waals surface area (Å²) in [6.45, 7) is 9.24. The molecule has 0 bridgehead atoms. The van der Waals surface area contributed by atoms with Crippen molar-refractivity contribution >= 4 is 29.0 Å². The van der Waals surface area contributed by atoms with Crippen LogP contribution in [-0.2, 0) is 17.3 Å². The number of fused-ring (bicyclic) bond motifs is 1. The molecule has 5 heterocycles. The summed E-state index contributed by atoms with van der Waals surface area (Å²) in [4.78, 5) is 28.7. The molecule has 2 aliphatic rings. The molecule has 1 N–H and O–H groups in total. The maximum Gasteiger partial charge on any atom is 0.255 e. The molecule has 1 amide bonds. The van der Waals surface area contributed by atoms with Crippen LogP contribution in [-0.4, -0.2) is 74.8 Å². The Kier molecular flexibility index (Phi) is 5.44. The molecule has 0 atom stereocenters. The van der Waals surface area contributed by atoms with Crippen molar-refractivity contribution in [2.75, 3.05) is 44.7 Å². The second-order valence-electron chi connectivity index (χ2n) is 8.55. The van der Waals surface area contributed by atoms with E-state index in [0.29, 0.717) is 5.95 Å². The highest BCUT2D eigenvalue weighted by molar-refractivity contribution is 7.16. The minimum absolute atomic E-state index is 0.100. The summed E-state index contributed by atoms with van der Waals surface area (Å²) in [5, 5.41) is 7.34. The molecule has 9 nitrogen and oxygen atoms in total. The highest BCUT2D eigenvalue weighted by Gasteiger charge is 2.44. The van der Waals surface area contributed by atoms with Gasteiger partial charge in [-0.25, -0.2) is 9.97 Å². The molecule has 168 valence electrons. The molecule has 3 aromatic rings. The molecule has 3 aromatic heterocycles. The number of aryl methyl sites for hydroxylation is 1. The van der Waals surface area contributed by atoms with Crippen molar-refractivity contribution in [3.05, 3.63) is 41.0 Å². The Balaban J connectivity index is 1.35. The summed E-state index contributed by atoms with van der Waals surface area (Å²) in [5.41, 5.74) is 1.24. The zero-order valence-electron chi connectivity index (χ0n) is 18.5. The zero-order chi connectivity index (χ0) is 22.3. The zero-order valence-corrected chi connectivity index (χ0v) is 19.4. The van der Waals surface area contributed by atoms with Gasteiger partial charge >= 0.3 is 0 Å². The van der Waals surface area contributed by atoms with Crippen LogP contribution in [0.25, 0.3) is 10.6 Å². The normalized spacial score (nSPS) is 18.2. The van der Waals surface area contributed by atoms with E-state index < -0.39 is 0 Å². The minimum Gasteiger partial charge on any atom is -0.379 e. The summed E-state index contributed by atoms with van der Waals surface area (Å²) in [7, 11) is 1.86.